The van der Waals surface area contributed by atoms with Crippen molar-refractivity contribution in [3.05, 3.63) is 41.9 Å². The number of carbonyl (C=O) groups excluding carboxylic acids is 1. The highest BCUT2D eigenvalue weighted by atomic mass is 16.5. The molecule has 6 nitrogen and oxygen atoms in total. The standard InChI is InChI=1S/C15H17NO5/c1-18-11-4-5-13(14(7-11)19-2)16-8-12-6-10(9-21-12)15(17)20-3/h4-7,9,16H,8H2,1-3H3. The Hall–Kier alpha value is -2.63. The summed E-state index contributed by atoms with van der Waals surface area (Å²) in [7, 11) is 4.51. The van der Waals surface area contributed by atoms with Crippen LogP contribution in [0.15, 0.2) is 34.9 Å². The number of rotatable bonds is 6. The number of anilines is 1. The van der Waals surface area contributed by atoms with Gasteiger partial charge in [0.25, 0.3) is 0 Å². The predicted molar refractivity (Wildman–Crippen MR) is 76.9 cm³/mol. The lowest BCUT2D eigenvalue weighted by atomic mass is 10.2. The minimum Gasteiger partial charge on any atom is -0.497 e. The molecule has 2 aromatic rings. The molecule has 112 valence electrons. The summed E-state index contributed by atoms with van der Waals surface area (Å²) in [6.07, 6.45) is 1.37. The first-order valence-electron chi connectivity index (χ1n) is 6.29. The highest BCUT2D eigenvalue weighted by Gasteiger charge is 2.11. The molecule has 0 unspecified atom stereocenters. The second-order valence-corrected chi connectivity index (χ2v) is 4.21. The molecule has 6 heteroatoms. The minimum atomic E-state index is -0.424. The van der Waals surface area contributed by atoms with Gasteiger partial charge >= 0.3 is 5.97 Å². The SMILES string of the molecule is COC(=O)c1coc(CNc2ccc(OC)cc2OC)c1. The van der Waals surface area contributed by atoms with Crippen molar-refractivity contribution < 1.29 is 23.4 Å². The van der Waals surface area contributed by atoms with Gasteiger partial charge in [-0.2, -0.15) is 0 Å². The van der Waals surface area contributed by atoms with E-state index in [1.165, 1.54) is 13.4 Å². The second kappa shape index (κ2) is 6.69. The van der Waals surface area contributed by atoms with Crippen LogP contribution in [0, 0.1) is 0 Å². The molecule has 0 aliphatic heterocycles. The van der Waals surface area contributed by atoms with E-state index in [0.29, 0.717) is 29.4 Å². The molecule has 0 spiro atoms. The molecule has 1 N–H and O–H groups in total. The maximum absolute atomic E-state index is 11.3. The zero-order chi connectivity index (χ0) is 15.2. The Morgan fingerprint density at radius 1 is 1.19 bits per heavy atom. The summed E-state index contributed by atoms with van der Waals surface area (Å²) in [6.45, 7) is 0.416. The van der Waals surface area contributed by atoms with Gasteiger partial charge in [-0.3, -0.25) is 0 Å². The molecule has 1 heterocycles. The number of furan rings is 1. The number of carbonyl (C=O) groups is 1. The fraction of sp³-hybridized carbons (Fsp3) is 0.267. The monoisotopic (exact) mass is 291 g/mol. The number of esters is 1. The van der Waals surface area contributed by atoms with E-state index in [9.17, 15) is 4.79 Å². The molecule has 0 radical (unpaired) electrons. The number of ether oxygens (including phenoxy) is 3. The molecule has 0 bridgehead atoms. The summed E-state index contributed by atoms with van der Waals surface area (Å²) in [5.41, 5.74) is 1.19. The second-order valence-electron chi connectivity index (χ2n) is 4.21. The fourth-order valence-corrected chi connectivity index (χ4v) is 1.83. The molecular weight excluding hydrogens is 274 g/mol. The molecule has 1 aromatic carbocycles. The van der Waals surface area contributed by atoms with E-state index in [2.05, 4.69) is 10.1 Å². The molecule has 0 fully saturated rings. The summed E-state index contributed by atoms with van der Waals surface area (Å²) in [5, 5.41) is 3.18. The minimum absolute atomic E-state index is 0.385. The number of methoxy groups -OCH3 is 3. The molecule has 0 saturated heterocycles. The zero-order valence-electron chi connectivity index (χ0n) is 12.1. The first-order valence-corrected chi connectivity index (χ1v) is 6.29. The lowest BCUT2D eigenvalue weighted by molar-refractivity contribution is 0.0600. The highest BCUT2D eigenvalue weighted by molar-refractivity contribution is 5.89. The maximum Gasteiger partial charge on any atom is 0.341 e. The van der Waals surface area contributed by atoms with Crippen LogP contribution in [-0.4, -0.2) is 27.3 Å². The Bertz CT molecular complexity index is 620. The van der Waals surface area contributed by atoms with Crippen molar-refractivity contribution in [2.45, 2.75) is 6.54 Å². The van der Waals surface area contributed by atoms with Gasteiger partial charge in [-0.1, -0.05) is 0 Å². The van der Waals surface area contributed by atoms with Crippen LogP contribution in [0.25, 0.3) is 0 Å². The molecule has 0 saturated carbocycles. The van der Waals surface area contributed by atoms with Crippen molar-refractivity contribution in [3.8, 4) is 11.5 Å². The van der Waals surface area contributed by atoms with E-state index >= 15 is 0 Å². The Balaban J connectivity index is 2.06. The first kappa shape index (κ1) is 14.8. The molecular formula is C15H17NO5. The van der Waals surface area contributed by atoms with Crippen LogP contribution >= 0.6 is 0 Å². The van der Waals surface area contributed by atoms with E-state index in [1.807, 2.05) is 12.1 Å². The first-order chi connectivity index (χ1) is 10.2. The summed E-state index contributed by atoms with van der Waals surface area (Å²) < 4.78 is 20.3. The Morgan fingerprint density at radius 2 is 2.00 bits per heavy atom. The molecule has 2 rings (SSSR count). The predicted octanol–water partition coefficient (Wildman–Crippen LogP) is 2.70. The molecule has 21 heavy (non-hydrogen) atoms. The van der Waals surface area contributed by atoms with Gasteiger partial charge in [0, 0.05) is 6.07 Å². The van der Waals surface area contributed by atoms with Gasteiger partial charge in [0.15, 0.2) is 0 Å². The summed E-state index contributed by atoms with van der Waals surface area (Å²) in [5.74, 6) is 1.57. The topological polar surface area (TPSA) is 69.9 Å². The van der Waals surface area contributed by atoms with Crippen LogP contribution in [0.5, 0.6) is 11.5 Å². The third-order valence-corrected chi connectivity index (χ3v) is 2.94. The van der Waals surface area contributed by atoms with E-state index in [0.717, 1.165) is 5.69 Å². The van der Waals surface area contributed by atoms with Crippen LogP contribution in [0.2, 0.25) is 0 Å². The van der Waals surface area contributed by atoms with E-state index in [4.69, 9.17) is 13.9 Å². The summed E-state index contributed by atoms with van der Waals surface area (Å²) in [4.78, 5) is 11.3. The third-order valence-electron chi connectivity index (χ3n) is 2.94. The Morgan fingerprint density at radius 3 is 2.67 bits per heavy atom. The molecule has 0 aliphatic carbocycles. The van der Waals surface area contributed by atoms with E-state index < -0.39 is 5.97 Å². The Kier molecular flexibility index (Phi) is 4.71. The van der Waals surface area contributed by atoms with Gasteiger partial charge in [-0.25, -0.2) is 4.79 Å². The highest BCUT2D eigenvalue weighted by Crippen LogP contribution is 2.29. The number of benzene rings is 1. The number of hydrogen-bond donors (Lipinski definition) is 1. The third kappa shape index (κ3) is 3.47. The average Bonchev–Trinajstić information content (AvgIpc) is 3.00. The number of hydrogen-bond acceptors (Lipinski definition) is 6. The zero-order valence-corrected chi connectivity index (χ0v) is 12.1. The van der Waals surface area contributed by atoms with Crippen LogP contribution < -0.4 is 14.8 Å². The van der Waals surface area contributed by atoms with Gasteiger partial charge in [-0.05, 0) is 18.2 Å². The molecule has 0 amide bonds. The van der Waals surface area contributed by atoms with Crippen molar-refractivity contribution in [2.75, 3.05) is 26.6 Å². The summed E-state index contributed by atoms with van der Waals surface area (Å²) in [6, 6.07) is 7.09. The van der Waals surface area contributed by atoms with Crippen LogP contribution in [0.1, 0.15) is 16.1 Å². The van der Waals surface area contributed by atoms with Crippen molar-refractivity contribution in [3.63, 3.8) is 0 Å². The smallest absolute Gasteiger partial charge is 0.341 e. The van der Waals surface area contributed by atoms with Crippen molar-refractivity contribution in [2.24, 2.45) is 0 Å². The van der Waals surface area contributed by atoms with Gasteiger partial charge in [0.2, 0.25) is 0 Å². The van der Waals surface area contributed by atoms with E-state index in [1.54, 1.807) is 26.4 Å². The van der Waals surface area contributed by atoms with E-state index in [-0.39, 0.29) is 0 Å². The summed E-state index contributed by atoms with van der Waals surface area (Å²) >= 11 is 0. The van der Waals surface area contributed by atoms with Gasteiger partial charge in [-0.15, -0.1) is 0 Å². The van der Waals surface area contributed by atoms with Gasteiger partial charge in [0.1, 0.15) is 23.5 Å². The Labute approximate surface area is 122 Å². The van der Waals surface area contributed by atoms with Crippen molar-refractivity contribution in [1.29, 1.82) is 0 Å². The van der Waals surface area contributed by atoms with Crippen LogP contribution in [0.4, 0.5) is 5.69 Å². The maximum atomic E-state index is 11.3. The van der Waals surface area contributed by atoms with Crippen LogP contribution in [0.3, 0.4) is 0 Å². The van der Waals surface area contributed by atoms with Crippen molar-refractivity contribution >= 4 is 11.7 Å². The molecule has 0 aliphatic rings. The average molecular weight is 291 g/mol. The van der Waals surface area contributed by atoms with Gasteiger partial charge < -0.3 is 23.9 Å². The fourth-order valence-electron chi connectivity index (χ4n) is 1.83. The van der Waals surface area contributed by atoms with Gasteiger partial charge in [0.05, 0.1) is 39.1 Å². The normalized spacial score (nSPS) is 10.0. The molecule has 1 aromatic heterocycles. The lowest BCUT2D eigenvalue weighted by Crippen LogP contribution is -2.01. The lowest BCUT2D eigenvalue weighted by Gasteiger charge is -2.11. The number of nitrogens with one attached hydrogen (secondary N) is 1. The largest absolute Gasteiger partial charge is 0.497 e. The quantitative estimate of drug-likeness (QED) is 0.825. The molecule has 0 atom stereocenters. The van der Waals surface area contributed by atoms with Crippen molar-refractivity contribution in [1.82, 2.24) is 0 Å². The van der Waals surface area contributed by atoms with Crippen LogP contribution in [-0.2, 0) is 11.3 Å².